The lowest BCUT2D eigenvalue weighted by molar-refractivity contribution is 0.475. The lowest BCUT2D eigenvalue weighted by atomic mass is 10.0. The Morgan fingerprint density at radius 1 is 1.33 bits per heavy atom. The first-order valence-corrected chi connectivity index (χ1v) is 9.77. The molecule has 0 saturated heterocycles. The molecule has 1 aromatic carbocycles. The summed E-state index contributed by atoms with van der Waals surface area (Å²) in [4.78, 5) is 0. The van der Waals surface area contributed by atoms with E-state index < -0.39 is 9.84 Å². The van der Waals surface area contributed by atoms with Crippen molar-refractivity contribution in [2.75, 3.05) is 6.26 Å². The molecule has 1 fully saturated rings. The molecule has 0 atom stereocenters. The number of benzene rings is 1. The molecule has 0 radical (unpaired) electrons. The van der Waals surface area contributed by atoms with Crippen molar-refractivity contribution in [3.63, 3.8) is 0 Å². The van der Waals surface area contributed by atoms with E-state index in [1.165, 1.54) is 10.9 Å². The predicted molar refractivity (Wildman–Crippen MR) is 89.8 cm³/mol. The molecule has 1 aliphatic carbocycles. The number of ether oxygens (including phenoxy) is 1. The second-order valence-electron chi connectivity index (χ2n) is 6.39. The highest BCUT2D eigenvalue weighted by molar-refractivity contribution is 7.89. The summed E-state index contributed by atoms with van der Waals surface area (Å²) in [6.45, 7) is 3.74. The highest BCUT2D eigenvalue weighted by Gasteiger charge is 2.31. The van der Waals surface area contributed by atoms with Gasteiger partial charge in [0.2, 0.25) is 0 Å². The van der Waals surface area contributed by atoms with Gasteiger partial charge in [-0.05, 0) is 49.9 Å². The summed E-state index contributed by atoms with van der Waals surface area (Å²) in [5.41, 5.74) is 3.16. The molecule has 0 amide bonds. The number of hydrogen-bond donors (Lipinski definition) is 0. The third kappa shape index (κ3) is 3.60. The zero-order chi connectivity index (χ0) is 17.5. The van der Waals surface area contributed by atoms with Gasteiger partial charge in [-0.1, -0.05) is 0 Å². The highest BCUT2D eigenvalue weighted by Crippen LogP contribution is 2.44. The van der Waals surface area contributed by atoms with Crippen LogP contribution in [0, 0.1) is 25.2 Å². The minimum absolute atomic E-state index is 0.165. The lowest BCUT2D eigenvalue weighted by Gasteiger charge is -2.09. The van der Waals surface area contributed by atoms with Crippen LogP contribution in [0.2, 0.25) is 0 Å². The number of sulfone groups is 1. The Bertz CT molecular complexity index is 911. The van der Waals surface area contributed by atoms with Crippen molar-refractivity contribution in [3.05, 3.63) is 40.7 Å². The Labute approximate surface area is 141 Å². The van der Waals surface area contributed by atoms with Crippen LogP contribution in [-0.2, 0) is 15.7 Å². The van der Waals surface area contributed by atoms with Crippen molar-refractivity contribution < 1.29 is 13.2 Å². The Kier molecular flexibility index (Phi) is 4.10. The molecule has 0 N–H and O–H groups in total. The highest BCUT2D eigenvalue weighted by atomic mass is 32.2. The third-order valence-corrected chi connectivity index (χ3v) is 4.67. The minimum Gasteiger partial charge on any atom is -0.454 e. The van der Waals surface area contributed by atoms with Crippen LogP contribution in [0.4, 0.5) is 0 Å². The largest absolute Gasteiger partial charge is 0.454 e. The molecule has 24 heavy (non-hydrogen) atoms. The Morgan fingerprint density at radius 2 is 1.96 bits per heavy atom. The maximum Gasteiger partial charge on any atom is 0.168 e. The van der Waals surface area contributed by atoms with Gasteiger partial charge >= 0.3 is 0 Å². The molecule has 6 nitrogen and oxygen atoms in total. The fourth-order valence-electron chi connectivity index (χ4n) is 2.73. The fraction of sp³-hybridized carbons (Fsp3) is 0.412. The van der Waals surface area contributed by atoms with Crippen LogP contribution in [-0.4, -0.2) is 24.5 Å². The van der Waals surface area contributed by atoms with E-state index in [9.17, 15) is 8.42 Å². The molecule has 7 heteroatoms. The fourth-order valence-corrected chi connectivity index (χ4v) is 3.34. The average Bonchev–Trinajstić information content (AvgIpc) is 3.21. The van der Waals surface area contributed by atoms with Crippen molar-refractivity contribution >= 4 is 9.84 Å². The number of nitriles is 1. The maximum atomic E-state index is 11.5. The Hall–Kier alpha value is -2.33. The normalized spacial score (nSPS) is 14.4. The van der Waals surface area contributed by atoms with Crippen LogP contribution < -0.4 is 4.74 Å². The summed E-state index contributed by atoms with van der Waals surface area (Å²) < 4.78 is 30.4. The van der Waals surface area contributed by atoms with E-state index in [4.69, 9.17) is 10.00 Å². The van der Waals surface area contributed by atoms with Gasteiger partial charge in [0, 0.05) is 12.2 Å². The number of aromatic nitrogens is 2. The predicted octanol–water partition coefficient (Wildman–Crippen LogP) is 3.04. The first-order valence-electron chi connectivity index (χ1n) is 7.71. The van der Waals surface area contributed by atoms with Crippen molar-refractivity contribution in [2.24, 2.45) is 0 Å². The van der Waals surface area contributed by atoms with Gasteiger partial charge in [-0.15, -0.1) is 0 Å². The summed E-state index contributed by atoms with van der Waals surface area (Å²) in [7, 11) is -3.17. The Balaban J connectivity index is 1.93. The minimum atomic E-state index is -3.17. The first kappa shape index (κ1) is 16.5. The number of aryl methyl sites for hydroxylation is 2. The van der Waals surface area contributed by atoms with Gasteiger partial charge in [0.15, 0.2) is 15.6 Å². The molecule has 0 aliphatic heterocycles. The molecule has 1 saturated carbocycles. The van der Waals surface area contributed by atoms with Gasteiger partial charge in [-0.25, -0.2) is 8.42 Å². The standard InChI is InChI=1S/C17H19N3O3S/c1-11-6-14(7-12(2)15(11)8-18)23-16-9-20(10-24(3,21)22)19-17(16)13-4-5-13/h6-7,9,13H,4-5,10H2,1-3H3. The van der Waals surface area contributed by atoms with Crippen LogP contribution in [0.1, 0.15) is 41.1 Å². The summed E-state index contributed by atoms with van der Waals surface area (Å²) in [5, 5.41) is 13.5. The first-order chi connectivity index (χ1) is 11.3. The van der Waals surface area contributed by atoms with Crippen LogP contribution in [0.15, 0.2) is 18.3 Å². The smallest absolute Gasteiger partial charge is 0.168 e. The zero-order valence-corrected chi connectivity index (χ0v) is 14.7. The molecule has 0 spiro atoms. The maximum absolute atomic E-state index is 11.5. The van der Waals surface area contributed by atoms with E-state index in [2.05, 4.69) is 11.2 Å². The summed E-state index contributed by atoms with van der Waals surface area (Å²) in [6, 6.07) is 5.82. The SMILES string of the molecule is Cc1cc(Oc2cn(CS(C)(=O)=O)nc2C2CC2)cc(C)c1C#N. The number of hydrogen-bond acceptors (Lipinski definition) is 5. The lowest BCUT2D eigenvalue weighted by Crippen LogP contribution is -2.09. The number of nitrogens with zero attached hydrogens (tertiary/aromatic N) is 3. The molecular weight excluding hydrogens is 326 g/mol. The number of rotatable bonds is 5. The van der Waals surface area contributed by atoms with Crippen molar-refractivity contribution in [1.29, 1.82) is 5.26 Å². The molecule has 0 bridgehead atoms. The van der Waals surface area contributed by atoms with Crippen molar-refractivity contribution in [3.8, 4) is 17.6 Å². The summed E-state index contributed by atoms with van der Waals surface area (Å²) in [6.07, 6.45) is 4.90. The summed E-state index contributed by atoms with van der Waals surface area (Å²) in [5.74, 6) is 1.39. The van der Waals surface area contributed by atoms with Gasteiger partial charge in [-0.2, -0.15) is 10.4 Å². The van der Waals surface area contributed by atoms with E-state index in [0.717, 1.165) is 29.7 Å². The molecule has 1 aromatic heterocycles. The molecular formula is C17H19N3O3S. The molecule has 0 unspecified atom stereocenters. The summed E-state index contributed by atoms with van der Waals surface area (Å²) >= 11 is 0. The second-order valence-corrected chi connectivity index (χ2v) is 8.50. The second kappa shape index (κ2) is 5.95. The van der Waals surface area contributed by atoms with Gasteiger partial charge in [0.05, 0.1) is 17.8 Å². The molecule has 3 rings (SSSR count). The average molecular weight is 345 g/mol. The van der Waals surface area contributed by atoms with E-state index >= 15 is 0 Å². The zero-order valence-electron chi connectivity index (χ0n) is 13.9. The third-order valence-electron chi connectivity index (χ3n) is 3.93. The molecule has 2 aromatic rings. The van der Waals surface area contributed by atoms with Crippen LogP contribution in [0.3, 0.4) is 0 Å². The van der Waals surface area contributed by atoms with Gasteiger partial charge < -0.3 is 4.74 Å². The van der Waals surface area contributed by atoms with E-state index in [-0.39, 0.29) is 5.88 Å². The van der Waals surface area contributed by atoms with Crippen molar-refractivity contribution in [1.82, 2.24) is 9.78 Å². The van der Waals surface area contributed by atoms with Crippen molar-refractivity contribution in [2.45, 2.75) is 38.5 Å². The van der Waals surface area contributed by atoms with Crippen LogP contribution >= 0.6 is 0 Å². The quantitative estimate of drug-likeness (QED) is 0.831. The van der Waals surface area contributed by atoms with Crippen LogP contribution in [0.25, 0.3) is 0 Å². The van der Waals surface area contributed by atoms with E-state index in [1.54, 1.807) is 6.20 Å². The topological polar surface area (TPSA) is 85.0 Å². The molecule has 1 aliphatic rings. The van der Waals surface area contributed by atoms with E-state index in [1.807, 2.05) is 26.0 Å². The van der Waals surface area contributed by atoms with E-state index in [0.29, 0.717) is 23.0 Å². The Morgan fingerprint density at radius 3 is 2.46 bits per heavy atom. The molecule has 1 heterocycles. The van der Waals surface area contributed by atoms with Crippen LogP contribution in [0.5, 0.6) is 11.5 Å². The van der Waals surface area contributed by atoms with Gasteiger partial charge in [0.1, 0.15) is 17.3 Å². The van der Waals surface area contributed by atoms with Gasteiger partial charge in [0.25, 0.3) is 0 Å². The molecule has 126 valence electrons. The van der Waals surface area contributed by atoms with Gasteiger partial charge in [-0.3, -0.25) is 4.68 Å². The monoisotopic (exact) mass is 345 g/mol.